The van der Waals surface area contributed by atoms with E-state index in [-0.39, 0.29) is 5.69 Å². The van der Waals surface area contributed by atoms with Gasteiger partial charge in [-0.2, -0.15) is 5.26 Å². The van der Waals surface area contributed by atoms with Crippen LogP contribution in [-0.2, 0) is 6.54 Å². The minimum atomic E-state index is -0.422. The maximum absolute atomic E-state index is 10.7. The second-order valence-corrected chi connectivity index (χ2v) is 5.41. The molecule has 2 aromatic rings. The molecule has 0 fully saturated rings. The third kappa shape index (κ3) is 3.58. The fraction of sp³-hybridized carbons (Fsp3) is 0.133. The topological polar surface area (TPSA) is 70.2 Å². The van der Waals surface area contributed by atoms with Crippen LogP contribution in [0.5, 0.6) is 0 Å². The van der Waals surface area contributed by atoms with E-state index in [2.05, 4.69) is 22.0 Å². The van der Waals surface area contributed by atoms with Gasteiger partial charge < -0.3 is 4.90 Å². The van der Waals surface area contributed by atoms with E-state index in [0.29, 0.717) is 16.6 Å². The van der Waals surface area contributed by atoms with Gasteiger partial charge in [0.15, 0.2) is 0 Å². The highest BCUT2D eigenvalue weighted by Crippen LogP contribution is 2.25. The summed E-state index contributed by atoms with van der Waals surface area (Å²) in [5, 5.41) is 19.6. The van der Waals surface area contributed by atoms with Crippen molar-refractivity contribution >= 4 is 27.3 Å². The maximum Gasteiger partial charge on any atom is 0.270 e. The normalized spacial score (nSPS) is 9.95. The molecule has 0 radical (unpaired) electrons. The van der Waals surface area contributed by atoms with Gasteiger partial charge in [-0.25, -0.2) is 0 Å². The Labute approximate surface area is 130 Å². The van der Waals surface area contributed by atoms with Crippen LogP contribution < -0.4 is 4.90 Å². The van der Waals surface area contributed by atoms with E-state index in [4.69, 9.17) is 5.26 Å². The van der Waals surface area contributed by atoms with E-state index in [1.54, 1.807) is 18.2 Å². The van der Waals surface area contributed by atoms with Crippen molar-refractivity contribution in [2.45, 2.75) is 6.54 Å². The lowest BCUT2D eigenvalue weighted by Gasteiger charge is -2.20. The Morgan fingerprint density at radius 3 is 2.71 bits per heavy atom. The van der Waals surface area contributed by atoms with Crippen molar-refractivity contribution in [3.63, 3.8) is 0 Å². The number of nitriles is 1. The first-order valence-corrected chi connectivity index (χ1v) is 6.94. The zero-order valence-electron chi connectivity index (χ0n) is 11.3. The fourth-order valence-electron chi connectivity index (χ4n) is 1.94. The Morgan fingerprint density at radius 1 is 1.33 bits per heavy atom. The number of nitro benzene ring substituents is 1. The molecular formula is C15H12BrN3O2. The summed E-state index contributed by atoms with van der Waals surface area (Å²) in [6.07, 6.45) is 0. The molecule has 0 heterocycles. The molecule has 0 amide bonds. The third-order valence-electron chi connectivity index (χ3n) is 3.07. The van der Waals surface area contributed by atoms with Crippen LogP contribution in [0.15, 0.2) is 46.9 Å². The van der Waals surface area contributed by atoms with Crippen LogP contribution in [0.1, 0.15) is 11.1 Å². The Morgan fingerprint density at radius 2 is 2.10 bits per heavy atom. The highest BCUT2D eigenvalue weighted by Gasteiger charge is 2.11. The van der Waals surface area contributed by atoms with Gasteiger partial charge in [-0.05, 0) is 29.8 Å². The molecule has 21 heavy (non-hydrogen) atoms. The monoisotopic (exact) mass is 345 g/mol. The average molecular weight is 346 g/mol. The van der Waals surface area contributed by atoms with E-state index in [1.165, 1.54) is 12.1 Å². The SMILES string of the molecule is CN(Cc1ccc([N+](=O)[O-])cc1Br)c1cccc(C#N)c1. The molecule has 0 saturated carbocycles. The molecule has 2 rings (SSSR count). The minimum Gasteiger partial charge on any atom is -0.370 e. The van der Waals surface area contributed by atoms with Crippen LogP contribution in [0.25, 0.3) is 0 Å². The van der Waals surface area contributed by atoms with Gasteiger partial charge in [0.2, 0.25) is 0 Å². The van der Waals surface area contributed by atoms with Crippen molar-refractivity contribution in [3.05, 3.63) is 68.2 Å². The number of hydrogen-bond acceptors (Lipinski definition) is 4. The lowest BCUT2D eigenvalue weighted by molar-refractivity contribution is -0.384. The van der Waals surface area contributed by atoms with E-state index >= 15 is 0 Å². The quantitative estimate of drug-likeness (QED) is 0.623. The highest BCUT2D eigenvalue weighted by atomic mass is 79.9. The van der Waals surface area contributed by atoms with Crippen molar-refractivity contribution in [1.82, 2.24) is 0 Å². The maximum atomic E-state index is 10.7. The number of benzene rings is 2. The number of non-ortho nitro benzene ring substituents is 1. The van der Waals surface area contributed by atoms with E-state index in [9.17, 15) is 10.1 Å². The average Bonchev–Trinajstić information content (AvgIpc) is 2.49. The summed E-state index contributed by atoms with van der Waals surface area (Å²) in [5.41, 5.74) is 2.51. The molecule has 0 aliphatic rings. The summed E-state index contributed by atoms with van der Waals surface area (Å²) < 4.78 is 0.694. The van der Waals surface area contributed by atoms with Gasteiger partial charge in [0, 0.05) is 35.9 Å². The molecule has 6 heteroatoms. The number of rotatable bonds is 4. The van der Waals surface area contributed by atoms with E-state index in [1.807, 2.05) is 24.1 Å². The van der Waals surface area contributed by atoms with Gasteiger partial charge in [-0.3, -0.25) is 10.1 Å². The van der Waals surface area contributed by atoms with Crippen LogP contribution >= 0.6 is 15.9 Å². The second kappa shape index (κ2) is 6.37. The number of nitro groups is 1. The van der Waals surface area contributed by atoms with Gasteiger partial charge in [-0.15, -0.1) is 0 Å². The van der Waals surface area contributed by atoms with Crippen molar-refractivity contribution in [3.8, 4) is 6.07 Å². The Bertz CT molecular complexity index is 725. The predicted octanol–water partition coefficient (Wildman–Crippen LogP) is 3.87. The number of anilines is 1. The van der Waals surface area contributed by atoms with E-state index in [0.717, 1.165) is 11.3 Å². The van der Waals surface area contributed by atoms with Crippen LogP contribution in [-0.4, -0.2) is 12.0 Å². The second-order valence-electron chi connectivity index (χ2n) is 4.55. The van der Waals surface area contributed by atoms with Crippen molar-refractivity contribution in [2.24, 2.45) is 0 Å². The molecule has 5 nitrogen and oxygen atoms in total. The van der Waals surface area contributed by atoms with Crippen LogP contribution in [0.2, 0.25) is 0 Å². The summed E-state index contributed by atoms with van der Waals surface area (Å²) in [6, 6.07) is 14.1. The summed E-state index contributed by atoms with van der Waals surface area (Å²) in [6.45, 7) is 0.577. The van der Waals surface area contributed by atoms with Crippen molar-refractivity contribution in [2.75, 3.05) is 11.9 Å². The molecule has 0 bridgehead atoms. The van der Waals surface area contributed by atoms with Gasteiger partial charge in [0.1, 0.15) is 0 Å². The molecule has 0 aromatic heterocycles. The lowest BCUT2D eigenvalue weighted by atomic mass is 10.1. The van der Waals surface area contributed by atoms with E-state index < -0.39 is 4.92 Å². The molecule has 0 aliphatic carbocycles. The number of halogens is 1. The summed E-state index contributed by atoms with van der Waals surface area (Å²) in [7, 11) is 1.91. The predicted molar refractivity (Wildman–Crippen MR) is 84.1 cm³/mol. The minimum absolute atomic E-state index is 0.0553. The molecule has 0 atom stereocenters. The number of nitrogens with zero attached hydrogens (tertiary/aromatic N) is 3. The first kappa shape index (κ1) is 15.0. The Balaban J connectivity index is 2.21. The van der Waals surface area contributed by atoms with Gasteiger partial charge >= 0.3 is 0 Å². The van der Waals surface area contributed by atoms with Crippen molar-refractivity contribution in [1.29, 1.82) is 5.26 Å². The summed E-state index contributed by atoms with van der Waals surface area (Å²) >= 11 is 3.36. The smallest absolute Gasteiger partial charge is 0.270 e. The molecule has 0 aliphatic heterocycles. The Kier molecular flexibility index (Phi) is 4.55. The van der Waals surface area contributed by atoms with Crippen molar-refractivity contribution < 1.29 is 4.92 Å². The first-order chi connectivity index (χ1) is 10.0. The molecule has 0 N–H and O–H groups in total. The largest absolute Gasteiger partial charge is 0.370 e. The van der Waals surface area contributed by atoms with Gasteiger partial charge in [0.25, 0.3) is 5.69 Å². The van der Waals surface area contributed by atoms with Crippen LogP contribution in [0, 0.1) is 21.4 Å². The zero-order valence-corrected chi connectivity index (χ0v) is 12.9. The fourth-order valence-corrected chi connectivity index (χ4v) is 2.43. The lowest BCUT2D eigenvalue weighted by Crippen LogP contribution is -2.16. The molecule has 0 unspecified atom stereocenters. The third-order valence-corrected chi connectivity index (χ3v) is 3.81. The zero-order chi connectivity index (χ0) is 15.4. The number of hydrogen-bond donors (Lipinski definition) is 0. The molecule has 2 aromatic carbocycles. The molecule has 0 saturated heterocycles. The first-order valence-electron chi connectivity index (χ1n) is 6.15. The Hall–Kier alpha value is -2.39. The van der Waals surface area contributed by atoms with Crippen LogP contribution in [0.4, 0.5) is 11.4 Å². The summed E-state index contributed by atoms with van der Waals surface area (Å²) in [5.74, 6) is 0. The molecular weight excluding hydrogens is 334 g/mol. The van der Waals surface area contributed by atoms with Gasteiger partial charge in [0.05, 0.1) is 16.6 Å². The van der Waals surface area contributed by atoms with Gasteiger partial charge in [-0.1, -0.05) is 22.0 Å². The molecule has 106 valence electrons. The highest BCUT2D eigenvalue weighted by molar-refractivity contribution is 9.10. The van der Waals surface area contributed by atoms with Crippen LogP contribution in [0.3, 0.4) is 0 Å². The standard InChI is InChI=1S/C15H12BrN3O2/c1-18(13-4-2-3-11(7-13)9-17)10-12-5-6-14(19(20)21)8-15(12)16/h2-8H,10H2,1H3. The molecule has 0 spiro atoms. The summed E-state index contributed by atoms with van der Waals surface area (Å²) in [4.78, 5) is 12.3.